The van der Waals surface area contributed by atoms with Crippen LogP contribution in [0.15, 0.2) is 24.3 Å². The van der Waals surface area contributed by atoms with Crippen LogP contribution in [0.25, 0.3) is 0 Å². The monoisotopic (exact) mass is 276 g/mol. The van der Waals surface area contributed by atoms with E-state index in [4.69, 9.17) is 4.74 Å². The van der Waals surface area contributed by atoms with Gasteiger partial charge in [-0.2, -0.15) is 0 Å². The molecule has 3 heteroatoms. The summed E-state index contributed by atoms with van der Waals surface area (Å²) in [6.07, 6.45) is 0.348. The third-order valence-corrected chi connectivity index (χ3v) is 3.86. The second kappa shape index (κ2) is 7.21. The smallest absolute Gasteiger partial charge is 0.0674 e. The Hall–Kier alpha value is -0.900. The van der Waals surface area contributed by atoms with Crippen molar-refractivity contribution in [3.8, 4) is 0 Å². The zero-order chi connectivity index (χ0) is 14.5. The van der Waals surface area contributed by atoms with Gasteiger partial charge in [0.05, 0.1) is 12.7 Å². The number of ether oxygens (including phenoxy) is 1. The van der Waals surface area contributed by atoms with Gasteiger partial charge >= 0.3 is 0 Å². The van der Waals surface area contributed by atoms with Crippen molar-refractivity contribution in [3.05, 3.63) is 35.4 Å². The summed E-state index contributed by atoms with van der Waals surface area (Å²) in [5.74, 6) is 0. The summed E-state index contributed by atoms with van der Waals surface area (Å²) < 4.78 is 5.68. The van der Waals surface area contributed by atoms with Gasteiger partial charge in [-0.25, -0.2) is 0 Å². The number of rotatable bonds is 5. The van der Waals surface area contributed by atoms with Crippen molar-refractivity contribution in [2.45, 2.75) is 59.0 Å². The van der Waals surface area contributed by atoms with Gasteiger partial charge in [0.25, 0.3) is 0 Å². The lowest BCUT2D eigenvalue weighted by atomic mass is 10.1. The van der Waals surface area contributed by atoms with Crippen LogP contribution < -0.4 is 5.32 Å². The van der Waals surface area contributed by atoms with Crippen LogP contribution >= 0.6 is 0 Å². The van der Waals surface area contributed by atoms with Gasteiger partial charge in [0.2, 0.25) is 0 Å². The molecule has 0 amide bonds. The van der Waals surface area contributed by atoms with E-state index in [9.17, 15) is 0 Å². The number of benzene rings is 1. The van der Waals surface area contributed by atoms with Crippen LogP contribution in [0.1, 0.15) is 38.8 Å². The molecule has 1 N–H and O–H groups in total. The van der Waals surface area contributed by atoms with Gasteiger partial charge in [-0.1, -0.05) is 38.1 Å². The number of hydrogen-bond acceptors (Lipinski definition) is 3. The van der Waals surface area contributed by atoms with Crippen molar-refractivity contribution < 1.29 is 4.74 Å². The molecule has 0 aromatic heterocycles. The minimum absolute atomic E-state index is 0.348. The maximum atomic E-state index is 5.68. The standard InChI is InChI=1S/C17H28N2O/c1-13(2)18-9-16-5-7-17(8-6-16)11-19-10-15(4)20-12-14(19)3/h5-8,13-15,18H,9-12H2,1-4H3. The minimum atomic E-state index is 0.348. The first-order valence-corrected chi connectivity index (χ1v) is 7.71. The molecule has 1 aliphatic heterocycles. The number of nitrogens with zero attached hydrogens (tertiary/aromatic N) is 1. The van der Waals surface area contributed by atoms with Crippen LogP contribution in [0.2, 0.25) is 0 Å². The van der Waals surface area contributed by atoms with Crippen molar-refractivity contribution in [1.82, 2.24) is 10.2 Å². The molecule has 0 saturated carbocycles. The fourth-order valence-corrected chi connectivity index (χ4v) is 2.51. The highest BCUT2D eigenvalue weighted by atomic mass is 16.5. The summed E-state index contributed by atoms with van der Waals surface area (Å²) in [5, 5.41) is 3.45. The number of hydrogen-bond donors (Lipinski definition) is 1. The fourth-order valence-electron chi connectivity index (χ4n) is 2.51. The van der Waals surface area contributed by atoms with Gasteiger partial charge in [-0.05, 0) is 25.0 Å². The highest BCUT2D eigenvalue weighted by Crippen LogP contribution is 2.15. The molecule has 0 radical (unpaired) electrons. The van der Waals surface area contributed by atoms with E-state index < -0.39 is 0 Å². The van der Waals surface area contributed by atoms with Gasteiger partial charge in [0.15, 0.2) is 0 Å². The first-order valence-electron chi connectivity index (χ1n) is 7.71. The SMILES string of the molecule is CC(C)NCc1ccc(CN2CC(C)OCC2C)cc1. The lowest BCUT2D eigenvalue weighted by molar-refractivity contribution is -0.0526. The van der Waals surface area contributed by atoms with Crippen LogP contribution in [-0.2, 0) is 17.8 Å². The van der Waals surface area contributed by atoms with Crippen molar-refractivity contribution in [2.24, 2.45) is 0 Å². The summed E-state index contributed by atoms with van der Waals surface area (Å²) in [6, 6.07) is 10.0. The molecular weight excluding hydrogens is 248 g/mol. The molecule has 2 atom stereocenters. The lowest BCUT2D eigenvalue weighted by Gasteiger charge is -2.36. The van der Waals surface area contributed by atoms with E-state index in [1.807, 2.05) is 0 Å². The molecule has 1 saturated heterocycles. The highest BCUT2D eigenvalue weighted by molar-refractivity contribution is 5.22. The van der Waals surface area contributed by atoms with Gasteiger partial charge in [-0.3, -0.25) is 4.90 Å². The predicted molar refractivity (Wildman–Crippen MR) is 83.7 cm³/mol. The minimum Gasteiger partial charge on any atom is -0.376 e. The Balaban J connectivity index is 1.89. The largest absolute Gasteiger partial charge is 0.376 e. The van der Waals surface area contributed by atoms with Crippen LogP contribution in [0.3, 0.4) is 0 Å². The molecular formula is C17H28N2O. The molecule has 0 bridgehead atoms. The van der Waals surface area contributed by atoms with Crippen LogP contribution in [0, 0.1) is 0 Å². The average Bonchev–Trinajstić information content (AvgIpc) is 2.42. The van der Waals surface area contributed by atoms with E-state index in [2.05, 4.69) is 62.2 Å². The van der Waals surface area contributed by atoms with E-state index in [1.54, 1.807) is 0 Å². The molecule has 20 heavy (non-hydrogen) atoms. The molecule has 0 spiro atoms. The highest BCUT2D eigenvalue weighted by Gasteiger charge is 2.23. The Morgan fingerprint density at radius 3 is 2.50 bits per heavy atom. The maximum Gasteiger partial charge on any atom is 0.0674 e. The Bertz CT molecular complexity index is 402. The molecule has 2 rings (SSSR count). The molecule has 1 aromatic carbocycles. The van der Waals surface area contributed by atoms with Crippen molar-refractivity contribution in [3.63, 3.8) is 0 Å². The summed E-state index contributed by atoms with van der Waals surface area (Å²) in [4.78, 5) is 2.51. The van der Waals surface area contributed by atoms with E-state index in [0.29, 0.717) is 18.2 Å². The van der Waals surface area contributed by atoms with Crippen LogP contribution in [0.4, 0.5) is 0 Å². The van der Waals surface area contributed by atoms with E-state index >= 15 is 0 Å². The Labute approximate surface area is 123 Å². The third kappa shape index (κ3) is 4.58. The fraction of sp³-hybridized carbons (Fsp3) is 0.647. The first-order chi connectivity index (χ1) is 9.54. The van der Waals surface area contributed by atoms with Crippen LogP contribution in [-0.4, -0.2) is 36.2 Å². The summed E-state index contributed by atoms with van der Waals surface area (Å²) >= 11 is 0. The van der Waals surface area contributed by atoms with Crippen LogP contribution in [0.5, 0.6) is 0 Å². The Morgan fingerprint density at radius 1 is 1.20 bits per heavy atom. The molecule has 1 aromatic rings. The van der Waals surface area contributed by atoms with Gasteiger partial charge in [-0.15, -0.1) is 0 Å². The average molecular weight is 276 g/mol. The zero-order valence-corrected chi connectivity index (χ0v) is 13.2. The maximum absolute atomic E-state index is 5.68. The van der Waals surface area contributed by atoms with Crippen molar-refractivity contribution in [1.29, 1.82) is 0 Å². The summed E-state index contributed by atoms with van der Waals surface area (Å²) in [6.45, 7) is 12.6. The summed E-state index contributed by atoms with van der Waals surface area (Å²) in [7, 11) is 0. The van der Waals surface area contributed by atoms with E-state index in [-0.39, 0.29) is 0 Å². The first kappa shape index (κ1) is 15.5. The molecule has 3 nitrogen and oxygen atoms in total. The quantitative estimate of drug-likeness (QED) is 0.895. The Morgan fingerprint density at radius 2 is 1.85 bits per heavy atom. The number of nitrogens with one attached hydrogen (secondary N) is 1. The molecule has 0 aliphatic carbocycles. The second-order valence-electron chi connectivity index (χ2n) is 6.27. The second-order valence-corrected chi connectivity index (χ2v) is 6.27. The number of morpholine rings is 1. The lowest BCUT2D eigenvalue weighted by Crippen LogP contribution is -2.46. The third-order valence-electron chi connectivity index (χ3n) is 3.86. The predicted octanol–water partition coefficient (Wildman–Crippen LogP) is 2.79. The summed E-state index contributed by atoms with van der Waals surface area (Å²) in [5.41, 5.74) is 2.74. The molecule has 1 fully saturated rings. The molecule has 1 aliphatic rings. The van der Waals surface area contributed by atoms with Gasteiger partial charge in [0.1, 0.15) is 0 Å². The van der Waals surface area contributed by atoms with Crippen molar-refractivity contribution in [2.75, 3.05) is 13.2 Å². The van der Waals surface area contributed by atoms with Gasteiger partial charge in [0, 0.05) is 31.7 Å². The van der Waals surface area contributed by atoms with E-state index in [0.717, 1.165) is 26.2 Å². The van der Waals surface area contributed by atoms with Gasteiger partial charge < -0.3 is 10.1 Å². The van der Waals surface area contributed by atoms with Crippen molar-refractivity contribution >= 4 is 0 Å². The topological polar surface area (TPSA) is 24.5 Å². The van der Waals surface area contributed by atoms with E-state index in [1.165, 1.54) is 11.1 Å². The molecule has 1 heterocycles. The zero-order valence-electron chi connectivity index (χ0n) is 13.2. The molecule has 2 unspecified atom stereocenters. The molecule has 112 valence electrons. The normalized spacial score (nSPS) is 24.2. The Kier molecular flexibility index (Phi) is 5.58.